The fourth-order valence-corrected chi connectivity index (χ4v) is 4.22. The Morgan fingerprint density at radius 2 is 1.93 bits per heavy atom. The molecular formula is C21H30N6OS2. The van der Waals surface area contributed by atoms with Gasteiger partial charge in [0.2, 0.25) is 5.89 Å². The van der Waals surface area contributed by atoms with Gasteiger partial charge in [-0.25, -0.2) is 15.0 Å². The molecule has 0 bridgehead atoms. The fraction of sp³-hybridized carbons (Fsp3) is 0.476. The van der Waals surface area contributed by atoms with Crippen LogP contribution in [0.25, 0.3) is 0 Å². The molecule has 0 aliphatic heterocycles. The SMILES string of the molecule is CN(C)CCNCc1ccc(Nc2ncc(SCc3ncc(C(C)(C)C)o3)s2)nc1. The number of hydrogen-bond donors (Lipinski definition) is 2. The van der Waals surface area contributed by atoms with Crippen LogP contribution in [0, 0.1) is 0 Å². The predicted octanol–water partition coefficient (Wildman–Crippen LogP) is 4.51. The summed E-state index contributed by atoms with van der Waals surface area (Å²) in [5.41, 5.74) is 1.14. The second-order valence-corrected chi connectivity index (χ2v) is 10.6. The maximum Gasteiger partial charge on any atom is 0.204 e. The van der Waals surface area contributed by atoms with Gasteiger partial charge in [0.1, 0.15) is 11.6 Å². The van der Waals surface area contributed by atoms with Gasteiger partial charge in [-0.15, -0.1) is 11.8 Å². The number of thioether (sulfide) groups is 1. The van der Waals surface area contributed by atoms with Crippen molar-refractivity contribution in [3.63, 3.8) is 0 Å². The predicted molar refractivity (Wildman–Crippen MR) is 125 cm³/mol. The third-order valence-corrected chi connectivity index (χ3v) is 6.33. The number of oxazole rings is 1. The lowest BCUT2D eigenvalue weighted by atomic mass is 9.94. The molecule has 3 heterocycles. The average Bonchev–Trinajstić information content (AvgIpc) is 3.34. The summed E-state index contributed by atoms with van der Waals surface area (Å²) in [6.45, 7) is 9.15. The summed E-state index contributed by atoms with van der Waals surface area (Å²) in [5, 5.41) is 7.51. The minimum atomic E-state index is -0.0255. The van der Waals surface area contributed by atoms with Gasteiger partial charge in [0.05, 0.1) is 22.4 Å². The van der Waals surface area contributed by atoms with Gasteiger partial charge in [-0.1, -0.05) is 38.2 Å². The quantitative estimate of drug-likeness (QED) is 0.348. The lowest BCUT2D eigenvalue weighted by Gasteiger charge is -2.12. The highest BCUT2D eigenvalue weighted by atomic mass is 32.2. The Hall–Kier alpha value is -1.94. The molecule has 162 valence electrons. The highest BCUT2D eigenvalue weighted by molar-refractivity contribution is 8.00. The van der Waals surface area contributed by atoms with Gasteiger partial charge in [-0.05, 0) is 25.7 Å². The third-order valence-electron chi connectivity index (χ3n) is 4.24. The van der Waals surface area contributed by atoms with Gasteiger partial charge in [0, 0.05) is 31.2 Å². The molecule has 0 aliphatic rings. The molecule has 0 fully saturated rings. The van der Waals surface area contributed by atoms with E-state index in [-0.39, 0.29) is 5.41 Å². The molecule has 3 rings (SSSR count). The van der Waals surface area contributed by atoms with E-state index in [1.54, 1.807) is 23.1 Å². The van der Waals surface area contributed by atoms with Crippen molar-refractivity contribution in [2.75, 3.05) is 32.5 Å². The topological polar surface area (TPSA) is 79.1 Å². The zero-order chi connectivity index (χ0) is 21.6. The third kappa shape index (κ3) is 7.09. The van der Waals surface area contributed by atoms with Crippen LogP contribution in [0.4, 0.5) is 10.9 Å². The molecule has 7 nitrogen and oxygen atoms in total. The number of anilines is 2. The molecule has 2 N–H and O–H groups in total. The summed E-state index contributed by atoms with van der Waals surface area (Å²) in [4.78, 5) is 15.5. The molecule has 0 amide bonds. The Bertz CT molecular complexity index is 914. The van der Waals surface area contributed by atoms with E-state index in [0.29, 0.717) is 5.75 Å². The van der Waals surface area contributed by atoms with Gasteiger partial charge < -0.3 is 20.0 Å². The molecule has 0 atom stereocenters. The van der Waals surface area contributed by atoms with Crippen molar-refractivity contribution in [1.82, 2.24) is 25.2 Å². The van der Waals surface area contributed by atoms with Crippen molar-refractivity contribution in [2.45, 2.75) is 42.7 Å². The first-order valence-electron chi connectivity index (χ1n) is 9.91. The van der Waals surface area contributed by atoms with Crippen LogP contribution in [0.2, 0.25) is 0 Å². The fourth-order valence-electron chi connectivity index (χ4n) is 2.49. The van der Waals surface area contributed by atoms with Crippen LogP contribution in [-0.2, 0) is 17.7 Å². The van der Waals surface area contributed by atoms with Crippen molar-refractivity contribution >= 4 is 34.0 Å². The normalized spacial score (nSPS) is 11.9. The molecule has 0 radical (unpaired) electrons. The molecule has 3 aromatic heterocycles. The molecule has 30 heavy (non-hydrogen) atoms. The van der Waals surface area contributed by atoms with Crippen LogP contribution in [-0.4, -0.2) is 47.0 Å². The lowest BCUT2D eigenvalue weighted by molar-refractivity contribution is 0.391. The Morgan fingerprint density at radius 1 is 1.10 bits per heavy atom. The van der Waals surface area contributed by atoms with Gasteiger partial charge in [-0.2, -0.15) is 0 Å². The van der Waals surface area contributed by atoms with Crippen LogP contribution in [0.3, 0.4) is 0 Å². The smallest absolute Gasteiger partial charge is 0.204 e. The second-order valence-electron chi connectivity index (χ2n) is 8.30. The lowest BCUT2D eigenvalue weighted by Crippen LogP contribution is -2.26. The Labute approximate surface area is 186 Å². The average molecular weight is 447 g/mol. The van der Waals surface area contributed by atoms with E-state index in [2.05, 4.69) is 71.4 Å². The van der Waals surface area contributed by atoms with E-state index < -0.39 is 0 Å². The van der Waals surface area contributed by atoms with Crippen molar-refractivity contribution in [2.24, 2.45) is 0 Å². The zero-order valence-electron chi connectivity index (χ0n) is 18.2. The van der Waals surface area contributed by atoms with Crippen molar-refractivity contribution in [3.05, 3.63) is 47.9 Å². The summed E-state index contributed by atoms with van der Waals surface area (Å²) in [5.74, 6) is 3.13. The molecule has 3 aromatic rings. The maximum atomic E-state index is 5.85. The molecule has 0 unspecified atom stereocenters. The summed E-state index contributed by atoms with van der Waals surface area (Å²) in [6, 6.07) is 4.06. The first-order chi connectivity index (χ1) is 14.3. The van der Waals surface area contributed by atoms with Crippen molar-refractivity contribution in [3.8, 4) is 0 Å². The molecule has 0 saturated heterocycles. The molecule has 0 aliphatic carbocycles. The standard InChI is InChI=1S/C21H30N6OS2/c1-21(2,3)16-12-24-18(28-16)14-29-19-13-25-20(30-19)26-17-7-6-15(11-23-17)10-22-8-9-27(4)5/h6-7,11-13,22H,8-10,14H2,1-5H3,(H,23,25,26). The highest BCUT2D eigenvalue weighted by Crippen LogP contribution is 2.32. The van der Waals surface area contributed by atoms with Crippen molar-refractivity contribution < 1.29 is 4.42 Å². The molecule has 0 saturated carbocycles. The summed E-state index contributed by atoms with van der Waals surface area (Å²) in [7, 11) is 4.14. The largest absolute Gasteiger partial charge is 0.444 e. The number of nitrogens with one attached hydrogen (secondary N) is 2. The van der Waals surface area contributed by atoms with Crippen LogP contribution >= 0.6 is 23.1 Å². The molecule has 0 spiro atoms. The van der Waals surface area contributed by atoms with E-state index in [4.69, 9.17) is 4.42 Å². The van der Waals surface area contributed by atoms with E-state index in [0.717, 1.165) is 52.0 Å². The van der Waals surface area contributed by atoms with E-state index in [1.165, 1.54) is 0 Å². The minimum Gasteiger partial charge on any atom is -0.444 e. The monoisotopic (exact) mass is 446 g/mol. The number of nitrogens with zero attached hydrogens (tertiary/aromatic N) is 4. The first kappa shape index (κ1) is 22.7. The Kier molecular flexibility index (Phi) is 7.87. The number of rotatable bonds is 10. The Balaban J connectivity index is 1.46. The molecular weight excluding hydrogens is 416 g/mol. The number of aromatic nitrogens is 3. The highest BCUT2D eigenvalue weighted by Gasteiger charge is 2.19. The van der Waals surface area contributed by atoms with Gasteiger partial charge >= 0.3 is 0 Å². The number of thiazole rings is 1. The van der Waals surface area contributed by atoms with Crippen LogP contribution in [0.15, 0.2) is 39.3 Å². The second kappa shape index (κ2) is 10.4. The number of hydrogen-bond acceptors (Lipinski definition) is 9. The van der Waals surface area contributed by atoms with Crippen LogP contribution < -0.4 is 10.6 Å². The summed E-state index contributed by atoms with van der Waals surface area (Å²) >= 11 is 3.27. The molecule has 0 aromatic carbocycles. The van der Waals surface area contributed by atoms with Crippen LogP contribution in [0.1, 0.15) is 38.0 Å². The number of likely N-dealkylation sites (N-methyl/N-ethyl adjacent to an activating group) is 1. The van der Waals surface area contributed by atoms with Crippen LogP contribution in [0.5, 0.6) is 0 Å². The van der Waals surface area contributed by atoms with Gasteiger partial charge in [0.15, 0.2) is 5.13 Å². The summed E-state index contributed by atoms with van der Waals surface area (Å²) in [6.07, 6.45) is 5.58. The zero-order valence-corrected chi connectivity index (χ0v) is 19.9. The molecule has 9 heteroatoms. The first-order valence-corrected chi connectivity index (χ1v) is 11.7. The summed E-state index contributed by atoms with van der Waals surface area (Å²) < 4.78 is 6.96. The van der Waals surface area contributed by atoms with E-state index in [1.807, 2.05) is 24.7 Å². The maximum absolute atomic E-state index is 5.85. The van der Waals surface area contributed by atoms with E-state index in [9.17, 15) is 0 Å². The van der Waals surface area contributed by atoms with E-state index >= 15 is 0 Å². The number of pyridine rings is 1. The Morgan fingerprint density at radius 3 is 2.60 bits per heavy atom. The van der Waals surface area contributed by atoms with Gasteiger partial charge in [-0.3, -0.25) is 0 Å². The van der Waals surface area contributed by atoms with Crippen molar-refractivity contribution in [1.29, 1.82) is 0 Å². The van der Waals surface area contributed by atoms with Gasteiger partial charge in [0.25, 0.3) is 0 Å². The minimum absolute atomic E-state index is 0.0255.